The molecule has 0 atom stereocenters. The van der Waals surface area contributed by atoms with Gasteiger partial charge < -0.3 is 4.74 Å². The van der Waals surface area contributed by atoms with Gasteiger partial charge in [0.15, 0.2) is 0 Å². The largest absolute Gasteiger partial charge is 0.496 e. The fourth-order valence-corrected chi connectivity index (χ4v) is 1.81. The van der Waals surface area contributed by atoms with E-state index in [1.807, 2.05) is 0 Å². The Morgan fingerprint density at radius 1 is 1.27 bits per heavy atom. The van der Waals surface area contributed by atoms with Gasteiger partial charge in [0.05, 0.1) is 7.11 Å². The Morgan fingerprint density at radius 2 is 1.87 bits per heavy atom. The number of benzene rings is 1. The van der Waals surface area contributed by atoms with Gasteiger partial charge in [-0.15, -0.1) is 11.6 Å². The predicted octanol–water partition coefficient (Wildman–Crippen LogP) is 3.95. The third kappa shape index (κ3) is 3.28. The predicted molar refractivity (Wildman–Crippen MR) is 66.8 cm³/mol. The molecule has 0 fully saturated rings. The molecule has 0 heterocycles. The van der Waals surface area contributed by atoms with Crippen LogP contribution in [0, 0.1) is 13.8 Å². The Hall–Kier alpha value is -0.950. The van der Waals surface area contributed by atoms with Crippen LogP contribution in [0.5, 0.6) is 5.75 Å². The molecule has 1 aromatic rings. The molecule has 0 saturated heterocycles. The zero-order chi connectivity index (χ0) is 11.3. The van der Waals surface area contributed by atoms with E-state index in [0.717, 1.165) is 12.2 Å². The van der Waals surface area contributed by atoms with Crippen LogP contribution >= 0.6 is 11.6 Å². The normalized spacial score (nSPS) is 10.9. The van der Waals surface area contributed by atoms with Crippen molar-refractivity contribution in [1.82, 2.24) is 0 Å². The van der Waals surface area contributed by atoms with E-state index in [4.69, 9.17) is 16.3 Å². The number of hydrogen-bond acceptors (Lipinski definition) is 1. The highest BCUT2D eigenvalue weighted by molar-refractivity contribution is 6.17. The first-order chi connectivity index (χ1) is 7.19. The van der Waals surface area contributed by atoms with Crippen molar-refractivity contribution >= 4 is 17.7 Å². The lowest BCUT2D eigenvalue weighted by molar-refractivity contribution is 0.408. The fraction of sp³-hybridized carbons (Fsp3) is 0.385. The summed E-state index contributed by atoms with van der Waals surface area (Å²) in [6.45, 7) is 4.12. The van der Waals surface area contributed by atoms with E-state index in [2.05, 4.69) is 38.1 Å². The van der Waals surface area contributed by atoms with Crippen LogP contribution in [0.2, 0.25) is 0 Å². The lowest BCUT2D eigenvalue weighted by Crippen LogP contribution is -1.91. The third-order valence-corrected chi connectivity index (χ3v) is 2.49. The van der Waals surface area contributed by atoms with Crippen molar-refractivity contribution in [2.75, 3.05) is 13.0 Å². The minimum absolute atomic E-state index is 0.671. The van der Waals surface area contributed by atoms with E-state index in [0.29, 0.717) is 5.88 Å². The number of alkyl halides is 1. The highest BCUT2D eigenvalue weighted by atomic mass is 35.5. The molecule has 0 saturated carbocycles. The summed E-state index contributed by atoms with van der Waals surface area (Å²) in [5.41, 5.74) is 3.54. The van der Waals surface area contributed by atoms with Crippen molar-refractivity contribution in [1.29, 1.82) is 0 Å². The molecule has 1 nitrogen and oxygen atoms in total. The van der Waals surface area contributed by atoms with Crippen LogP contribution in [0.25, 0.3) is 6.08 Å². The third-order valence-electron chi connectivity index (χ3n) is 2.27. The van der Waals surface area contributed by atoms with Crippen LogP contribution in [0.1, 0.15) is 23.1 Å². The van der Waals surface area contributed by atoms with Crippen molar-refractivity contribution in [3.05, 3.63) is 34.9 Å². The van der Waals surface area contributed by atoms with E-state index in [1.165, 1.54) is 16.7 Å². The fourth-order valence-electron chi connectivity index (χ4n) is 1.68. The maximum atomic E-state index is 5.61. The second kappa shape index (κ2) is 5.82. The molecule has 0 spiro atoms. The maximum Gasteiger partial charge on any atom is 0.124 e. The van der Waals surface area contributed by atoms with Gasteiger partial charge in [0.25, 0.3) is 0 Å². The molecule has 0 bridgehead atoms. The second-order valence-corrected chi connectivity index (χ2v) is 3.95. The van der Waals surface area contributed by atoms with Crippen molar-refractivity contribution in [3.63, 3.8) is 0 Å². The number of methoxy groups -OCH3 is 1. The number of hydrogen-bond donors (Lipinski definition) is 0. The van der Waals surface area contributed by atoms with Crippen molar-refractivity contribution in [2.45, 2.75) is 20.3 Å². The van der Waals surface area contributed by atoms with E-state index < -0.39 is 0 Å². The molecule has 0 aliphatic heterocycles. The first kappa shape index (κ1) is 12.1. The van der Waals surface area contributed by atoms with Gasteiger partial charge in [0, 0.05) is 5.88 Å². The standard InChI is InChI=1S/C13H17ClO/c1-10-8-12(6-4-5-7-14)9-11(2)13(10)15-3/h4,6,8-9H,5,7H2,1-3H3. The molecule has 0 N–H and O–H groups in total. The summed E-state index contributed by atoms with van der Waals surface area (Å²) in [7, 11) is 1.71. The Kier molecular flexibility index (Phi) is 4.70. The molecule has 0 aliphatic carbocycles. The van der Waals surface area contributed by atoms with Crippen LogP contribution in [-0.2, 0) is 0 Å². The van der Waals surface area contributed by atoms with Gasteiger partial charge in [-0.1, -0.05) is 12.2 Å². The van der Waals surface area contributed by atoms with Crippen LogP contribution in [0.15, 0.2) is 18.2 Å². The van der Waals surface area contributed by atoms with Crippen LogP contribution in [-0.4, -0.2) is 13.0 Å². The topological polar surface area (TPSA) is 9.23 Å². The molecular weight excluding hydrogens is 208 g/mol. The summed E-state index contributed by atoms with van der Waals surface area (Å²) in [4.78, 5) is 0. The highest BCUT2D eigenvalue weighted by Crippen LogP contribution is 2.24. The molecule has 1 rings (SSSR count). The monoisotopic (exact) mass is 224 g/mol. The number of aryl methyl sites for hydroxylation is 2. The first-order valence-electron chi connectivity index (χ1n) is 5.06. The van der Waals surface area contributed by atoms with Crippen molar-refractivity contribution in [3.8, 4) is 5.75 Å². The molecule has 2 heteroatoms. The molecule has 0 aliphatic rings. The summed E-state index contributed by atoms with van der Waals surface area (Å²) in [5, 5.41) is 0. The van der Waals surface area contributed by atoms with E-state index in [1.54, 1.807) is 7.11 Å². The van der Waals surface area contributed by atoms with Crippen molar-refractivity contribution < 1.29 is 4.74 Å². The summed E-state index contributed by atoms with van der Waals surface area (Å²) in [5.74, 6) is 1.65. The van der Waals surface area contributed by atoms with Gasteiger partial charge in [0.1, 0.15) is 5.75 Å². The zero-order valence-electron chi connectivity index (χ0n) is 9.51. The molecule has 0 amide bonds. The lowest BCUT2D eigenvalue weighted by Gasteiger charge is -2.09. The SMILES string of the molecule is COc1c(C)cc(C=CCCCl)cc1C. The van der Waals surface area contributed by atoms with Gasteiger partial charge in [-0.3, -0.25) is 0 Å². The minimum atomic E-state index is 0.671. The van der Waals surface area contributed by atoms with Gasteiger partial charge in [-0.05, 0) is 49.1 Å². The zero-order valence-corrected chi connectivity index (χ0v) is 10.3. The highest BCUT2D eigenvalue weighted by Gasteiger charge is 2.02. The molecule has 15 heavy (non-hydrogen) atoms. The Labute approximate surface area is 96.7 Å². The minimum Gasteiger partial charge on any atom is -0.496 e. The van der Waals surface area contributed by atoms with Gasteiger partial charge in [-0.2, -0.15) is 0 Å². The summed E-state index contributed by atoms with van der Waals surface area (Å²) < 4.78 is 5.31. The van der Waals surface area contributed by atoms with E-state index in [9.17, 15) is 0 Å². The number of halogens is 1. The number of allylic oxidation sites excluding steroid dienone is 1. The van der Waals surface area contributed by atoms with Crippen molar-refractivity contribution in [2.24, 2.45) is 0 Å². The molecule has 1 aromatic carbocycles. The molecule has 0 radical (unpaired) electrons. The molecule has 82 valence electrons. The lowest BCUT2D eigenvalue weighted by atomic mass is 10.1. The molecule has 0 aromatic heterocycles. The van der Waals surface area contributed by atoms with Gasteiger partial charge in [0.2, 0.25) is 0 Å². The summed E-state index contributed by atoms with van der Waals surface area (Å²) >= 11 is 5.61. The molecular formula is C13H17ClO. The molecule has 0 unspecified atom stereocenters. The average Bonchev–Trinajstić information content (AvgIpc) is 2.18. The van der Waals surface area contributed by atoms with Gasteiger partial charge >= 0.3 is 0 Å². The smallest absolute Gasteiger partial charge is 0.124 e. The second-order valence-electron chi connectivity index (χ2n) is 3.57. The van der Waals surface area contributed by atoms with Gasteiger partial charge in [-0.25, -0.2) is 0 Å². The summed E-state index contributed by atoms with van der Waals surface area (Å²) in [6, 6.07) is 4.24. The number of ether oxygens (including phenoxy) is 1. The van der Waals surface area contributed by atoms with Crippen LogP contribution in [0.4, 0.5) is 0 Å². The van der Waals surface area contributed by atoms with E-state index in [-0.39, 0.29) is 0 Å². The quantitative estimate of drug-likeness (QED) is 0.704. The van der Waals surface area contributed by atoms with Crippen LogP contribution in [0.3, 0.4) is 0 Å². The Bertz CT molecular complexity index is 333. The van der Waals surface area contributed by atoms with E-state index >= 15 is 0 Å². The number of rotatable bonds is 4. The summed E-state index contributed by atoms with van der Waals surface area (Å²) in [6.07, 6.45) is 5.10. The Balaban J connectivity index is 2.93. The average molecular weight is 225 g/mol. The maximum absolute atomic E-state index is 5.61. The van der Waals surface area contributed by atoms with Crippen LogP contribution < -0.4 is 4.74 Å². The first-order valence-corrected chi connectivity index (χ1v) is 5.60. The Morgan fingerprint density at radius 3 is 2.33 bits per heavy atom.